The van der Waals surface area contributed by atoms with E-state index in [-0.39, 0.29) is 0 Å². The molecule has 0 aliphatic heterocycles. The molecule has 0 rings (SSSR count). The molecular formula is C13H36N2O5Si2. The Bertz CT molecular complexity index is 222. The first-order valence-electron chi connectivity index (χ1n) is 7.77. The molecule has 0 bridgehead atoms. The topological polar surface area (TPSA) is 98.2 Å². The van der Waals surface area contributed by atoms with Crippen molar-refractivity contribution in [1.29, 1.82) is 0 Å². The highest BCUT2D eigenvalue weighted by molar-refractivity contribution is 6.60. The Balaban J connectivity index is 0. The minimum Gasteiger partial charge on any atom is -0.397 e. The molecule has 0 aromatic carbocycles. The van der Waals surface area contributed by atoms with E-state index in [0.717, 1.165) is 25.7 Å². The van der Waals surface area contributed by atoms with Crippen LogP contribution in [-0.4, -0.2) is 65.7 Å². The van der Waals surface area contributed by atoms with Gasteiger partial charge in [0.05, 0.1) is 0 Å². The summed E-state index contributed by atoms with van der Waals surface area (Å²) in [4.78, 5) is 0. The van der Waals surface area contributed by atoms with Gasteiger partial charge in [0.1, 0.15) is 0 Å². The normalized spacial score (nSPS) is 13.0. The third-order valence-corrected chi connectivity index (χ3v) is 7.73. The zero-order chi connectivity index (χ0) is 17.4. The van der Waals surface area contributed by atoms with E-state index in [4.69, 9.17) is 33.6 Å². The van der Waals surface area contributed by atoms with Crippen molar-refractivity contribution in [1.82, 2.24) is 0 Å². The summed E-state index contributed by atoms with van der Waals surface area (Å²) in [7, 11) is 1.14. The number of nitrogens with two attached hydrogens (primary N) is 2. The Morgan fingerprint density at radius 1 is 0.955 bits per heavy atom. The van der Waals surface area contributed by atoms with Gasteiger partial charge in [-0.25, -0.2) is 0 Å². The van der Waals surface area contributed by atoms with Gasteiger partial charge in [-0.2, -0.15) is 0 Å². The van der Waals surface area contributed by atoms with Crippen LogP contribution in [-0.2, 0) is 22.1 Å². The lowest BCUT2D eigenvalue weighted by molar-refractivity contribution is 0.118. The van der Waals surface area contributed by atoms with Gasteiger partial charge < -0.3 is 33.6 Å². The molecule has 1 unspecified atom stereocenters. The van der Waals surface area contributed by atoms with Crippen LogP contribution in [0.15, 0.2) is 0 Å². The SMILES string of the molecule is CCO[SiH](C)OCC.CO[Si](CC(CN)CCN)(OC)OC. The third-order valence-electron chi connectivity index (χ3n) is 3.18. The minimum atomic E-state index is -2.47. The van der Waals surface area contributed by atoms with Gasteiger partial charge in [-0.1, -0.05) is 0 Å². The molecule has 0 aliphatic carbocycles. The van der Waals surface area contributed by atoms with E-state index in [1.165, 1.54) is 0 Å². The van der Waals surface area contributed by atoms with Gasteiger partial charge in [-0.15, -0.1) is 0 Å². The molecule has 22 heavy (non-hydrogen) atoms. The lowest BCUT2D eigenvalue weighted by Crippen LogP contribution is -2.45. The van der Waals surface area contributed by atoms with Crippen molar-refractivity contribution in [2.24, 2.45) is 17.4 Å². The highest BCUT2D eigenvalue weighted by Gasteiger charge is 2.39. The van der Waals surface area contributed by atoms with E-state index < -0.39 is 18.1 Å². The first kappa shape index (κ1) is 24.4. The summed E-state index contributed by atoms with van der Waals surface area (Å²) in [6.07, 6.45) is 0.876. The standard InChI is InChI=1S/C8H22N2O3Si.C5H14O2Si/c1-11-14(12-2,13-3)7-8(6-10)4-5-9;1-4-6-8(3)7-5-2/h8H,4-7,9-10H2,1-3H3;8H,4-5H2,1-3H3. The summed E-state index contributed by atoms with van der Waals surface area (Å²) >= 11 is 0. The van der Waals surface area contributed by atoms with E-state index in [1.54, 1.807) is 21.3 Å². The maximum absolute atomic E-state index is 5.63. The van der Waals surface area contributed by atoms with Crippen molar-refractivity contribution in [2.75, 3.05) is 47.6 Å². The zero-order valence-corrected chi connectivity index (χ0v) is 17.2. The van der Waals surface area contributed by atoms with Gasteiger partial charge in [0.15, 0.2) is 0 Å². The second-order valence-corrected chi connectivity index (χ2v) is 9.46. The quantitative estimate of drug-likeness (QED) is 0.497. The van der Waals surface area contributed by atoms with Crippen molar-refractivity contribution in [3.63, 3.8) is 0 Å². The predicted octanol–water partition coefficient (Wildman–Crippen LogP) is 0.698. The van der Waals surface area contributed by atoms with Crippen LogP contribution < -0.4 is 11.5 Å². The van der Waals surface area contributed by atoms with Crippen LogP contribution in [0.3, 0.4) is 0 Å². The van der Waals surface area contributed by atoms with E-state index in [2.05, 4.69) is 0 Å². The van der Waals surface area contributed by atoms with Crippen LogP contribution in [0.1, 0.15) is 20.3 Å². The minimum absolute atomic E-state index is 0.312. The zero-order valence-electron chi connectivity index (χ0n) is 15.1. The number of hydrogen-bond donors (Lipinski definition) is 2. The molecule has 7 nitrogen and oxygen atoms in total. The number of rotatable bonds is 12. The molecule has 0 fully saturated rings. The Morgan fingerprint density at radius 2 is 1.41 bits per heavy atom. The first-order valence-corrected chi connectivity index (χ1v) is 11.8. The van der Waals surface area contributed by atoms with Crippen LogP contribution in [0.5, 0.6) is 0 Å². The summed E-state index contributed by atoms with van der Waals surface area (Å²) in [6, 6.07) is 0.726. The molecule has 1 atom stereocenters. The summed E-state index contributed by atoms with van der Waals surface area (Å²) < 4.78 is 26.3. The van der Waals surface area contributed by atoms with Crippen LogP contribution in [0.25, 0.3) is 0 Å². The van der Waals surface area contributed by atoms with Crippen LogP contribution in [0, 0.1) is 5.92 Å². The van der Waals surface area contributed by atoms with Crippen LogP contribution >= 0.6 is 0 Å². The average molecular weight is 357 g/mol. The summed E-state index contributed by atoms with van der Waals surface area (Å²) in [6.45, 7) is 8.80. The third kappa shape index (κ3) is 11.7. The molecule has 0 aromatic heterocycles. The van der Waals surface area contributed by atoms with Crippen LogP contribution in [0.2, 0.25) is 12.6 Å². The van der Waals surface area contributed by atoms with Crippen LogP contribution in [0.4, 0.5) is 0 Å². The summed E-state index contributed by atoms with van der Waals surface area (Å²) in [5.41, 5.74) is 11.1. The fourth-order valence-electron chi connectivity index (χ4n) is 1.91. The van der Waals surface area contributed by atoms with Gasteiger partial charge in [-0.3, -0.25) is 0 Å². The van der Waals surface area contributed by atoms with Crippen molar-refractivity contribution in [3.05, 3.63) is 0 Å². The highest BCUT2D eigenvalue weighted by atomic mass is 28.4. The molecular weight excluding hydrogens is 320 g/mol. The molecule has 0 saturated heterocycles. The predicted molar refractivity (Wildman–Crippen MR) is 94.1 cm³/mol. The second-order valence-electron chi connectivity index (χ2n) is 4.66. The fraction of sp³-hybridized carbons (Fsp3) is 1.00. The first-order chi connectivity index (χ1) is 10.5. The molecule has 4 N–H and O–H groups in total. The van der Waals surface area contributed by atoms with Crippen molar-refractivity contribution in [2.45, 2.75) is 32.9 Å². The second kappa shape index (κ2) is 16.0. The van der Waals surface area contributed by atoms with Gasteiger partial charge >= 0.3 is 18.1 Å². The molecule has 0 heterocycles. The summed E-state index contributed by atoms with van der Waals surface area (Å²) in [5, 5.41) is 0. The Labute approximate surface area is 138 Å². The van der Waals surface area contributed by atoms with Gasteiger partial charge in [-0.05, 0) is 45.8 Å². The fourth-order valence-corrected chi connectivity index (χ4v) is 5.02. The van der Waals surface area contributed by atoms with Crippen molar-refractivity contribution < 1.29 is 22.1 Å². The molecule has 0 radical (unpaired) electrons. The Kier molecular flexibility index (Phi) is 17.8. The molecule has 0 saturated carbocycles. The summed E-state index contributed by atoms with van der Waals surface area (Å²) in [5.74, 6) is 0.312. The van der Waals surface area contributed by atoms with E-state index in [1.807, 2.05) is 20.4 Å². The van der Waals surface area contributed by atoms with Crippen molar-refractivity contribution in [3.8, 4) is 0 Å². The average Bonchev–Trinajstić information content (AvgIpc) is 2.53. The molecule has 0 spiro atoms. The molecule has 0 amide bonds. The molecule has 9 heteroatoms. The van der Waals surface area contributed by atoms with E-state index in [0.29, 0.717) is 19.0 Å². The lowest BCUT2D eigenvalue weighted by Gasteiger charge is -2.27. The lowest BCUT2D eigenvalue weighted by atomic mass is 10.1. The van der Waals surface area contributed by atoms with Gasteiger partial charge in [0.25, 0.3) is 0 Å². The molecule has 0 aromatic rings. The maximum Gasteiger partial charge on any atom is 0.500 e. The molecule has 0 aliphatic rings. The van der Waals surface area contributed by atoms with E-state index in [9.17, 15) is 0 Å². The van der Waals surface area contributed by atoms with Gasteiger partial charge in [0, 0.05) is 40.6 Å². The number of hydrogen-bond acceptors (Lipinski definition) is 7. The Hall–Kier alpha value is 0.154. The smallest absolute Gasteiger partial charge is 0.397 e. The Morgan fingerprint density at radius 3 is 1.68 bits per heavy atom. The van der Waals surface area contributed by atoms with Crippen molar-refractivity contribution >= 4 is 18.1 Å². The highest BCUT2D eigenvalue weighted by Crippen LogP contribution is 2.20. The maximum atomic E-state index is 5.63. The van der Waals surface area contributed by atoms with E-state index >= 15 is 0 Å². The monoisotopic (exact) mass is 356 g/mol. The largest absolute Gasteiger partial charge is 0.500 e. The molecule has 136 valence electrons. The van der Waals surface area contributed by atoms with Gasteiger partial charge in [0.2, 0.25) is 0 Å².